The van der Waals surface area contributed by atoms with Crippen molar-refractivity contribution in [1.29, 1.82) is 0 Å². The van der Waals surface area contributed by atoms with Gasteiger partial charge in [-0.25, -0.2) is 9.78 Å². The second-order valence-corrected chi connectivity index (χ2v) is 7.01. The third kappa shape index (κ3) is 5.00. The Kier molecular flexibility index (Phi) is 6.61. The highest BCUT2D eigenvalue weighted by atomic mass is 32.1. The van der Waals surface area contributed by atoms with Gasteiger partial charge >= 0.3 is 5.97 Å². The van der Waals surface area contributed by atoms with Crippen LogP contribution in [0.25, 0.3) is 10.6 Å². The minimum Gasteiger partial charge on any atom is -0.497 e. The Balaban J connectivity index is 1.72. The van der Waals surface area contributed by atoms with Crippen LogP contribution in [0.5, 0.6) is 11.5 Å². The van der Waals surface area contributed by atoms with E-state index in [1.165, 1.54) is 18.3 Å². The van der Waals surface area contributed by atoms with E-state index >= 15 is 0 Å². The van der Waals surface area contributed by atoms with Gasteiger partial charge in [-0.3, -0.25) is 4.79 Å². The van der Waals surface area contributed by atoms with Crippen LogP contribution in [0.4, 0.5) is 0 Å². The van der Waals surface area contributed by atoms with Crippen LogP contribution in [0, 0.1) is 0 Å². The van der Waals surface area contributed by atoms with E-state index in [4.69, 9.17) is 14.2 Å². The van der Waals surface area contributed by atoms with E-state index in [2.05, 4.69) is 4.98 Å². The molecular formula is C22H21NO5S. The summed E-state index contributed by atoms with van der Waals surface area (Å²) in [5.41, 5.74) is 2.30. The number of benzene rings is 2. The molecule has 0 unspecified atom stereocenters. The third-order valence-electron chi connectivity index (χ3n) is 4.18. The Hall–Kier alpha value is -3.19. The van der Waals surface area contributed by atoms with E-state index in [0.29, 0.717) is 28.5 Å². The summed E-state index contributed by atoms with van der Waals surface area (Å²) in [5, 5.41) is 2.38. The van der Waals surface area contributed by atoms with Crippen molar-refractivity contribution < 1.29 is 23.8 Å². The zero-order chi connectivity index (χ0) is 20.8. The summed E-state index contributed by atoms with van der Waals surface area (Å²) in [7, 11) is 1.61. The molecule has 2 aromatic carbocycles. The van der Waals surface area contributed by atoms with Crippen LogP contribution >= 0.6 is 11.3 Å². The van der Waals surface area contributed by atoms with Gasteiger partial charge in [0, 0.05) is 22.1 Å². The number of esters is 1. The predicted molar refractivity (Wildman–Crippen MR) is 111 cm³/mol. The van der Waals surface area contributed by atoms with E-state index in [0.717, 1.165) is 11.3 Å². The predicted octanol–water partition coefficient (Wildman–Crippen LogP) is 4.78. The van der Waals surface area contributed by atoms with Crippen LogP contribution in [-0.4, -0.2) is 30.5 Å². The molecule has 3 rings (SSSR count). The van der Waals surface area contributed by atoms with Gasteiger partial charge in [0.2, 0.25) is 0 Å². The molecule has 0 fully saturated rings. The number of rotatable bonds is 8. The molecule has 0 aliphatic rings. The zero-order valence-electron chi connectivity index (χ0n) is 16.4. The van der Waals surface area contributed by atoms with Gasteiger partial charge in [-0.1, -0.05) is 0 Å². The molecule has 0 N–H and O–H groups in total. The van der Waals surface area contributed by atoms with Gasteiger partial charge in [-0.15, -0.1) is 11.3 Å². The van der Waals surface area contributed by atoms with Crippen LogP contribution in [0.15, 0.2) is 47.8 Å². The summed E-state index contributed by atoms with van der Waals surface area (Å²) in [6, 6.07) is 12.5. The lowest BCUT2D eigenvalue weighted by atomic mass is 10.1. The van der Waals surface area contributed by atoms with Crippen LogP contribution in [0.1, 0.15) is 40.3 Å². The Labute approximate surface area is 173 Å². The number of ketones is 1. The summed E-state index contributed by atoms with van der Waals surface area (Å²) >= 11 is 1.36. The summed E-state index contributed by atoms with van der Waals surface area (Å²) in [6.07, 6.45) is 0. The Morgan fingerprint density at radius 2 is 1.86 bits per heavy atom. The molecule has 3 aromatic rings. The summed E-state index contributed by atoms with van der Waals surface area (Å²) in [5.74, 6) is 0.742. The normalized spacial score (nSPS) is 10.4. The van der Waals surface area contributed by atoms with Crippen LogP contribution < -0.4 is 9.47 Å². The Bertz CT molecular complexity index is 1010. The molecule has 150 valence electrons. The Morgan fingerprint density at radius 3 is 2.52 bits per heavy atom. The largest absolute Gasteiger partial charge is 0.497 e. The lowest BCUT2D eigenvalue weighted by Gasteiger charge is -2.11. The lowest BCUT2D eigenvalue weighted by Crippen LogP contribution is -2.08. The smallest absolute Gasteiger partial charge is 0.358 e. The zero-order valence-corrected chi connectivity index (χ0v) is 17.2. The number of ether oxygens (including phenoxy) is 3. The molecule has 0 bridgehead atoms. The molecule has 1 heterocycles. The highest BCUT2D eigenvalue weighted by Crippen LogP contribution is 2.27. The number of hydrogen-bond donors (Lipinski definition) is 0. The monoisotopic (exact) mass is 411 g/mol. The van der Waals surface area contributed by atoms with Gasteiger partial charge in [-0.05, 0) is 56.3 Å². The first-order valence-electron chi connectivity index (χ1n) is 9.05. The molecule has 0 atom stereocenters. The van der Waals surface area contributed by atoms with E-state index in [9.17, 15) is 9.59 Å². The van der Waals surface area contributed by atoms with Crippen molar-refractivity contribution in [3.8, 4) is 22.1 Å². The van der Waals surface area contributed by atoms with Crippen molar-refractivity contribution in [3.05, 3.63) is 64.7 Å². The number of nitrogens with zero attached hydrogens (tertiary/aromatic N) is 1. The highest BCUT2D eigenvalue weighted by molar-refractivity contribution is 7.13. The number of hydrogen-bond acceptors (Lipinski definition) is 7. The van der Waals surface area contributed by atoms with Crippen molar-refractivity contribution >= 4 is 23.1 Å². The SMILES string of the molecule is CCOc1ccc(C(C)=O)cc1COC(=O)c1csc(-c2ccc(OC)cc2)n1. The molecule has 1 aromatic heterocycles. The molecule has 6 nitrogen and oxygen atoms in total. The number of Topliss-reactive ketones (excluding diaryl/α,β-unsaturated/α-hetero) is 1. The first-order valence-corrected chi connectivity index (χ1v) is 9.93. The van der Waals surface area contributed by atoms with Gasteiger partial charge in [0.05, 0.1) is 13.7 Å². The fraction of sp³-hybridized carbons (Fsp3) is 0.227. The van der Waals surface area contributed by atoms with Crippen LogP contribution in [0.2, 0.25) is 0 Å². The van der Waals surface area contributed by atoms with Gasteiger partial charge in [-0.2, -0.15) is 0 Å². The molecule has 0 aliphatic heterocycles. The summed E-state index contributed by atoms with van der Waals surface area (Å²) in [6.45, 7) is 3.81. The maximum absolute atomic E-state index is 12.4. The third-order valence-corrected chi connectivity index (χ3v) is 5.07. The van der Waals surface area contributed by atoms with Crippen molar-refractivity contribution in [2.75, 3.05) is 13.7 Å². The molecule has 0 spiro atoms. The van der Waals surface area contributed by atoms with E-state index < -0.39 is 5.97 Å². The molecule has 7 heteroatoms. The van der Waals surface area contributed by atoms with Crippen molar-refractivity contribution in [3.63, 3.8) is 0 Å². The number of thiazole rings is 1. The quantitative estimate of drug-likeness (QED) is 0.392. The van der Waals surface area contributed by atoms with Gasteiger partial charge in [0.25, 0.3) is 0 Å². The van der Waals surface area contributed by atoms with Crippen LogP contribution in [-0.2, 0) is 11.3 Å². The molecule has 0 saturated heterocycles. The molecule has 0 amide bonds. The molecule has 0 radical (unpaired) electrons. The van der Waals surface area contributed by atoms with Gasteiger partial charge in [0.1, 0.15) is 23.1 Å². The standard InChI is InChI=1S/C22H21NO5S/c1-4-27-20-10-7-16(14(2)24)11-17(20)12-28-22(25)19-13-29-21(23-19)15-5-8-18(26-3)9-6-15/h5-11,13H,4,12H2,1-3H3. The minimum atomic E-state index is -0.531. The lowest BCUT2D eigenvalue weighted by molar-refractivity contribution is 0.0463. The van der Waals surface area contributed by atoms with E-state index in [1.807, 2.05) is 31.2 Å². The fourth-order valence-electron chi connectivity index (χ4n) is 2.66. The first-order chi connectivity index (χ1) is 14.0. The van der Waals surface area contributed by atoms with E-state index in [1.54, 1.807) is 30.7 Å². The summed E-state index contributed by atoms with van der Waals surface area (Å²) in [4.78, 5) is 28.5. The Morgan fingerprint density at radius 1 is 1.10 bits per heavy atom. The number of aromatic nitrogens is 1. The maximum atomic E-state index is 12.4. The number of carbonyl (C=O) groups is 2. The fourth-order valence-corrected chi connectivity index (χ4v) is 3.45. The first kappa shape index (κ1) is 20.5. The second-order valence-electron chi connectivity index (χ2n) is 6.15. The van der Waals surface area contributed by atoms with Gasteiger partial charge < -0.3 is 14.2 Å². The van der Waals surface area contributed by atoms with E-state index in [-0.39, 0.29) is 18.1 Å². The molecule has 0 aliphatic carbocycles. The number of carbonyl (C=O) groups excluding carboxylic acids is 2. The molecule has 0 saturated carbocycles. The van der Waals surface area contributed by atoms with Crippen molar-refractivity contribution in [2.24, 2.45) is 0 Å². The van der Waals surface area contributed by atoms with Crippen molar-refractivity contribution in [1.82, 2.24) is 4.98 Å². The number of methoxy groups -OCH3 is 1. The summed E-state index contributed by atoms with van der Waals surface area (Å²) < 4.78 is 16.1. The topological polar surface area (TPSA) is 74.7 Å². The highest BCUT2D eigenvalue weighted by Gasteiger charge is 2.15. The minimum absolute atomic E-state index is 0.00924. The molecular weight excluding hydrogens is 390 g/mol. The average molecular weight is 411 g/mol. The molecule has 29 heavy (non-hydrogen) atoms. The van der Waals surface area contributed by atoms with Gasteiger partial charge in [0.15, 0.2) is 11.5 Å². The average Bonchev–Trinajstić information content (AvgIpc) is 3.23. The van der Waals surface area contributed by atoms with Crippen LogP contribution in [0.3, 0.4) is 0 Å². The maximum Gasteiger partial charge on any atom is 0.358 e. The van der Waals surface area contributed by atoms with Crippen molar-refractivity contribution in [2.45, 2.75) is 20.5 Å². The second kappa shape index (κ2) is 9.34.